The second-order valence-electron chi connectivity index (χ2n) is 16.1. The summed E-state index contributed by atoms with van der Waals surface area (Å²) >= 11 is 6.40. The molecule has 7 rings (SSSR count). The van der Waals surface area contributed by atoms with Crippen LogP contribution in [0.4, 0.5) is 5.69 Å². The second kappa shape index (κ2) is 16.1. The van der Waals surface area contributed by atoms with Gasteiger partial charge in [-0.15, -0.1) is 0 Å². The molecule has 3 fully saturated rings. The Bertz CT molecular complexity index is 1860. The number of hydrogen-bond acceptors (Lipinski definition) is 9. The van der Waals surface area contributed by atoms with Crippen molar-refractivity contribution >= 4 is 39.1 Å². The molecule has 4 aliphatic heterocycles. The number of nitrogens with zero attached hydrogens (tertiary/aromatic N) is 3. The molecule has 2 amide bonds. The smallest absolute Gasteiger partial charge is 0.264 e. The van der Waals surface area contributed by atoms with Crippen molar-refractivity contribution in [2.45, 2.75) is 88.9 Å². The molecule has 2 aromatic rings. The van der Waals surface area contributed by atoms with Gasteiger partial charge in [0, 0.05) is 57.0 Å². The number of rotatable bonds is 3. The summed E-state index contributed by atoms with van der Waals surface area (Å²) in [5, 5.41) is -0.117. The van der Waals surface area contributed by atoms with Gasteiger partial charge in [0.1, 0.15) is 24.1 Å². The van der Waals surface area contributed by atoms with Crippen molar-refractivity contribution in [3.63, 3.8) is 0 Å². The summed E-state index contributed by atoms with van der Waals surface area (Å²) < 4.78 is 48.6. The monoisotopic (exact) mass is 782 g/mol. The van der Waals surface area contributed by atoms with E-state index in [9.17, 15) is 18.0 Å². The Morgan fingerprint density at radius 1 is 1.00 bits per heavy atom. The first-order valence-corrected chi connectivity index (χ1v) is 21.5. The van der Waals surface area contributed by atoms with Gasteiger partial charge in [-0.3, -0.25) is 14.5 Å². The number of anilines is 1. The van der Waals surface area contributed by atoms with Crippen LogP contribution in [0, 0.1) is 17.8 Å². The molecule has 1 N–H and O–H groups in total. The van der Waals surface area contributed by atoms with Crippen LogP contribution >= 0.6 is 11.6 Å². The number of halogens is 1. The minimum absolute atomic E-state index is 0.00370. The van der Waals surface area contributed by atoms with Crippen molar-refractivity contribution in [1.29, 1.82) is 0 Å². The lowest BCUT2D eigenvalue weighted by molar-refractivity contribution is -0.164. The summed E-state index contributed by atoms with van der Waals surface area (Å²) in [6.07, 6.45) is 9.11. The predicted molar refractivity (Wildman–Crippen MR) is 209 cm³/mol. The molecule has 7 atom stereocenters. The first-order chi connectivity index (χ1) is 25.9. The SMILES string of the molecule is CO[C@]1(CN2CCN3C(=O)[C@@H](C)OC[C@@H]3C2)/C=C/C[C@H](C)[C@@H](C)S(=O)(=O)NC(=O)c2ccc3c(c2)N(CCCCc2cc(Cl)ccc2CO3)C[C@@H]2CC[C@H]21. The molecular formula is C41H55ClN4O7S. The average molecular weight is 783 g/mol. The summed E-state index contributed by atoms with van der Waals surface area (Å²) in [6.45, 7) is 10.5. The Hall–Kier alpha value is -3.16. The van der Waals surface area contributed by atoms with Crippen molar-refractivity contribution in [1.82, 2.24) is 14.5 Å². The highest BCUT2D eigenvalue weighted by molar-refractivity contribution is 7.90. The molecule has 294 valence electrons. The van der Waals surface area contributed by atoms with Gasteiger partial charge in [-0.2, -0.15) is 0 Å². The minimum Gasteiger partial charge on any atom is -0.487 e. The van der Waals surface area contributed by atoms with Crippen LogP contribution in [0.5, 0.6) is 5.75 Å². The van der Waals surface area contributed by atoms with Crippen LogP contribution in [0.15, 0.2) is 48.6 Å². The topological polar surface area (TPSA) is 118 Å². The quantitative estimate of drug-likeness (QED) is 0.406. The summed E-state index contributed by atoms with van der Waals surface area (Å²) in [4.78, 5) is 33.3. The van der Waals surface area contributed by atoms with Gasteiger partial charge >= 0.3 is 0 Å². The number of benzene rings is 2. The average Bonchev–Trinajstić information content (AvgIpc) is 3.17. The van der Waals surface area contributed by atoms with E-state index in [4.69, 9.17) is 25.8 Å². The maximum absolute atomic E-state index is 13.6. The Kier molecular flexibility index (Phi) is 11.7. The zero-order valence-corrected chi connectivity index (χ0v) is 33.5. The molecule has 54 heavy (non-hydrogen) atoms. The zero-order chi connectivity index (χ0) is 38.2. The van der Waals surface area contributed by atoms with Gasteiger partial charge in [-0.25, -0.2) is 13.1 Å². The van der Waals surface area contributed by atoms with Gasteiger partial charge in [0.05, 0.1) is 23.6 Å². The molecule has 11 nitrogen and oxygen atoms in total. The molecule has 0 unspecified atom stereocenters. The number of morpholine rings is 1. The predicted octanol–water partition coefficient (Wildman–Crippen LogP) is 5.45. The van der Waals surface area contributed by atoms with Gasteiger partial charge in [0.15, 0.2) is 0 Å². The Morgan fingerprint density at radius 2 is 1.83 bits per heavy atom. The Balaban J connectivity index is 1.24. The van der Waals surface area contributed by atoms with Gasteiger partial charge in [0.25, 0.3) is 11.8 Å². The highest BCUT2D eigenvalue weighted by Gasteiger charge is 2.49. The van der Waals surface area contributed by atoms with E-state index in [1.165, 1.54) is 5.56 Å². The van der Waals surface area contributed by atoms with Crippen molar-refractivity contribution in [3.05, 3.63) is 70.3 Å². The first kappa shape index (κ1) is 39.1. The third-order valence-corrected chi connectivity index (χ3v) is 14.9. The molecule has 0 radical (unpaired) electrons. The van der Waals surface area contributed by atoms with E-state index in [1.54, 1.807) is 32.2 Å². The van der Waals surface area contributed by atoms with E-state index < -0.39 is 32.9 Å². The van der Waals surface area contributed by atoms with E-state index in [2.05, 4.69) is 26.7 Å². The number of carbonyl (C=O) groups excluding carboxylic acids is 2. The third kappa shape index (κ3) is 8.05. The molecular weight excluding hydrogens is 728 g/mol. The molecule has 13 heteroatoms. The Labute approximate surface area is 325 Å². The molecule has 1 aliphatic carbocycles. The lowest BCUT2D eigenvalue weighted by Gasteiger charge is -2.53. The van der Waals surface area contributed by atoms with Crippen LogP contribution in [0.3, 0.4) is 0 Å². The lowest BCUT2D eigenvalue weighted by Crippen LogP contribution is -2.65. The van der Waals surface area contributed by atoms with Crippen molar-refractivity contribution in [3.8, 4) is 5.75 Å². The third-order valence-electron chi connectivity index (χ3n) is 12.8. The number of methoxy groups -OCH3 is 1. The van der Waals surface area contributed by atoms with E-state index in [0.29, 0.717) is 50.0 Å². The van der Waals surface area contributed by atoms with Crippen molar-refractivity contribution in [2.75, 3.05) is 57.9 Å². The number of aryl methyl sites for hydroxylation is 1. The van der Waals surface area contributed by atoms with Gasteiger partial charge in [0.2, 0.25) is 10.0 Å². The zero-order valence-electron chi connectivity index (χ0n) is 32.0. The van der Waals surface area contributed by atoms with E-state index in [0.717, 1.165) is 63.0 Å². The van der Waals surface area contributed by atoms with Crippen LogP contribution in [-0.2, 0) is 37.3 Å². The number of sulfonamides is 1. The van der Waals surface area contributed by atoms with E-state index in [1.807, 2.05) is 36.9 Å². The molecule has 4 heterocycles. The number of fused-ring (bicyclic) bond motifs is 4. The van der Waals surface area contributed by atoms with Crippen LogP contribution in [0.2, 0.25) is 5.02 Å². The van der Waals surface area contributed by atoms with E-state index >= 15 is 0 Å². The normalized spacial score (nSPS) is 32.8. The van der Waals surface area contributed by atoms with Crippen molar-refractivity contribution in [2.24, 2.45) is 17.8 Å². The van der Waals surface area contributed by atoms with Crippen LogP contribution in [0.1, 0.15) is 74.4 Å². The van der Waals surface area contributed by atoms with Crippen LogP contribution in [0.25, 0.3) is 0 Å². The maximum atomic E-state index is 13.6. The van der Waals surface area contributed by atoms with Gasteiger partial charge < -0.3 is 24.0 Å². The van der Waals surface area contributed by atoms with Gasteiger partial charge in [-0.1, -0.05) is 36.7 Å². The number of hydrogen-bond donors (Lipinski definition) is 1. The number of carbonyl (C=O) groups is 2. The number of nitrogens with one attached hydrogen (secondary N) is 1. The molecule has 2 bridgehead atoms. The largest absolute Gasteiger partial charge is 0.487 e. The van der Waals surface area contributed by atoms with E-state index in [-0.39, 0.29) is 35.3 Å². The first-order valence-electron chi connectivity index (χ1n) is 19.6. The van der Waals surface area contributed by atoms with Gasteiger partial charge in [-0.05, 0) is 112 Å². The second-order valence-corrected chi connectivity index (χ2v) is 18.6. The number of allylic oxidation sites excluding steroid dienone is 1. The molecule has 1 saturated carbocycles. The standard InChI is InChI=1S/C41H55ClN4O7S/c1-27-8-7-16-41(51-4,26-44-18-19-46-35(23-44)25-52-28(2)40(46)48)36-14-11-32(36)22-45-17-6-5-9-30-20-34(42)13-10-33(30)24-53-38-15-12-31(21-37(38)45)39(47)43-54(49,50)29(27)3/h7,10,12-13,15-16,20-21,27-29,32,35-36H,5-6,8-9,11,14,17-19,22-26H2,1-4H3,(H,43,47)/b16-7+/t27-,28+,29+,32-,35-,36+,41-/m0/s1. The number of piperazine rings is 1. The summed E-state index contributed by atoms with van der Waals surface area (Å²) in [5.41, 5.74) is 2.65. The fourth-order valence-electron chi connectivity index (χ4n) is 9.04. The van der Waals surface area contributed by atoms with Crippen LogP contribution in [-0.4, -0.2) is 106 Å². The maximum Gasteiger partial charge on any atom is 0.264 e. The number of amides is 2. The molecule has 2 aromatic carbocycles. The summed E-state index contributed by atoms with van der Waals surface area (Å²) in [6, 6.07) is 11.2. The summed E-state index contributed by atoms with van der Waals surface area (Å²) in [7, 11) is -2.20. The number of ether oxygens (including phenoxy) is 3. The fraction of sp³-hybridized carbons (Fsp3) is 0.610. The Morgan fingerprint density at radius 3 is 2.61 bits per heavy atom. The molecule has 0 spiro atoms. The summed E-state index contributed by atoms with van der Waals surface area (Å²) in [5.74, 6) is 0.258. The van der Waals surface area contributed by atoms with Crippen molar-refractivity contribution < 1.29 is 32.2 Å². The fourth-order valence-corrected chi connectivity index (χ4v) is 10.5. The molecule has 0 aromatic heterocycles. The highest BCUT2D eigenvalue weighted by Crippen LogP contribution is 2.47. The highest BCUT2D eigenvalue weighted by atomic mass is 35.5. The van der Waals surface area contributed by atoms with Crippen LogP contribution < -0.4 is 14.4 Å². The molecule has 2 saturated heterocycles. The lowest BCUT2D eigenvalue weighted by atomic mass is 9.63. The molecule has 5 aliphatic rings. The minimum atomic E-state index is -3.99.